The van der Waals surface area contributed by atoms with Gasteiger partial charge < -0.3 is 16.1 Å². The third kappa shape index (κ3) is 12.3. The van der Waals surface area contributed by atoms with Gasteiger partial charge >= 0.3 is 5.97 Å². The Hall–Kier alpha value is -1.62. The summed E-state index contributed by atoms with van der Waals surface area (Å²) in [5.74, 6) is 1.21. The maximum absolute atomic E-state index is 12.1. The van der Waals surface area contributed by atoms with E-state index in [4.69, 9.17) is 16.1 Å². The summed E-state index contributed by atoms with van der Waals surface area (Å²) in [5.41, 5.74) is 2.98. The molecule has 35 heavy (non-hydrogen) atoms. The minimum Gasteiger partial charge on any atom is -0.499 e. The van der Waals surface area contributed by atoms with Crippen molar-refractivity contribution in [2.45, 2.75) is 32.1 Å². The van der Waals surface area contributed by atoms with Crippen LogP contribution in [-0.2, 0) is 24.1 Å². The third-order valence-corrected chi connectivity index (χ3v) is 4.98. The molecule has 0 aliphatic heterocycles. The average molecular weight is 846 g/mol. The zero-order valence-corrected chi connectivity index (χ0v) is 25.1. The molecule has 0 unspecified atom stereocenters. The van der Waals surface area contributed by atoms with Crippen molar-refractivity contribution >= 4 is 5.97 Å². The van der Waals surface area contributed by atoms with Crippen LogP contribution in [0.15, 0.2) is 78.6 Å². The van der Waals surface area contributed by atoms with Gasteiger partial charge in [0.05, 0.1) is 0 Å². The maximum atomic E-state index is 12.1. The summed E-state index contributed by atoms with van der Waals surface area (Å²) in [7, 11) is 0. The molecule has 3 aromatic rings. The minimum atomic E-state index is -0.336. The standard InChI is InChI=1S/C27H25NO5.Ho.U/c1-21(32-25-14-11-24(12-15-25)19-20-28(30)31)7-8-23-9-16-26(17-10-23)33-27(29)18-13-22-5-3-2-4-6-22;;/h1,3-6,9-12,14-17H,7-8,13,18-20H2;;/q-2;;. The largest absolute Gasteiger partial charge is 0.499 e. The van der Waals surface area contributed by atoms with Crippen molar-refractivity contribution in [3.05, 3.63) is 118 Å². The van der Waals surface area contributed by atoms with Crippen LogP contribution in [0.1, 0.15) is 29.5 Å². The number of aryl methyl sites for hydroxylation is 2. The molecule has 3 rings (SSSR count). The molecule has 0 amide bonds. The number of ether oxygens (including phenoxy) is 2. The van der Waals surface area contributed by atoms with Crippen molar-refractivity contribution in [3.8, 4) is 11.5 Å². The monoisotopic (exact) mass is 846 g/mol. The van der Waals surface area contributed by atoms with Crippen molar-refractivity contribution in [3.63, 3.8) is 0 Å². The Labute approximate surface area is 259 Å². The molecule has 0 atom stereocenters. The van der Waals surface area contributed by atoms with Crippen LogP contribution < -0.4 is 9.47 Å². The van der Waals surface area contributed by atoms with E-state index in [9.17, 15) is 14.9 Å². The number of rotatable bonds is 12. The second kappa shape index (κ2) is 16.9. The van der Waals surface area contributed by atoms with E-state index in [0.29, 0.717) is 49.4 Å². The van der Waals surface area contributed by atoms with Gasteiger partial charge in [-0.15, -0.1) is 0 Å². The first-order valence-electron chi connectivity index (χ1n) is 10.7. The fraction of sp³-hybridized carbons (Fsp3) is 0.222. The normalized spacial score (nSPS) is 9.83. The molecule has 3 aromatic carbocycles. The molecule has 0 aliphatic rings. The van der Waals surface area contributed by atoms with Gasteiger partial charge in [-0.3, -0.25) is 14.9 Å². The van der Waals surface area contributed by atoms with E-state index >= 15 is 0 Å². The van der Waals surface area contributed by atoms with Crippen molar-refractivity contribution in [1.82, 2.24) is 0 Å². The SMILES string of the molecule is [CH-]=C(CCc1ccc(OC(=O)CCc2cc[c-]cc2)cc1)Oc1ccc(CC[N+](=O)[O-])cc1.[Ho].[U]. The zero-order chi connectivity index (χ0) is 23.5. The predicted octanol–water partition coefficient (Wildman–Crippen LogP) is 5.17. The Bertz CT molecular complexity index is 1070. The van der Waals surface area contributed by atoms with Gasteiger partial charge in [-0.2, -0.15) is 35.9 Å². The molecule has 1 radical (unpaired) electrons. The number of benzene rings is 3. The van der Waals surface area contributed by atoms with Crippen molar-refractivity contribution < 1.29 is 88.0 Å². The van der Waals surface area contributed by atoms with Crippen molar-refractivity contribution in [1.29, 1.82) is 0 Å². The number of hydrogen-bond acceptors (Lipinski definition) is 5. The van der Waals surface area contributed by atoms with Gasteiger partial charge in [-0.25, -0.2) is 0 Å². The van der Waals surface area contributed by atoms with Gasteiger partial charge in [0.1, 0.15) is 11.5 Å². The van der Waals surface area contributed by atoms with Crippen LogP contribution in [0.3, 0.4) is 0 Å². The molecular weight excluding hydrogens is 821 g/mol. The number of nitrogens with zero attached hydrogens (tertiary/aromatic N) is 1. The zero-order valence-electron chi connectivity index (χ0n) is 19.0. The molecule has 0 aromatic heterocycles. The van der Waals surface area contributed by atoms with E-state index in [2.05, 4.69) is 6.07 Å². The van der Waals surface area contributed by atoms with Crippen LogP contribution in [0.25, 0.3) is 0 Å². The van der Waals surface area contributed by atoms with Gasteiger partial charge in [0, 0.05) is 86.6 Å². The molecular formula is C27H25HoNO5U-2. The Kier molecular flexibility index (Phi) is 15.2. The maximum Gasteiger partial charge on any atom is 0.311 e. The summed E-state index contributed by atoms with van der Waals surface area (Å²) in [4.78, 5) is 22.2. The Balaban J connectivity index is 0.00000306. The topological polar surface area (TPSA) is 78.7 Å². The Morgan fingerprint density at radius 1 is 0.800 bits per heavy atom. The fourth-order valence-corrected chi connectivity index (χ4v) is 3.16. The van der Waals surface area contributed by atoms with Crippen LogP contribution in [0.2, 0.25) is 0 Å². The first-order valence-corrected chi connectivity index (χ1v) is 10.7. The number of allylic oxidation sites excluding steroid dienone is 1. The molecule has 0 heterocycles. The fourth-order valence-electron chi connectivity index (χ4n) is 3.16. The number of esters is 1. The van der Waals surface area contributed by atoms with Crippen molar-refractivity contribution in [2.75, 3.05) is 6.54 Å². The molecule has 0 N–H and O–H groups in total. The van der Waals surface area contributed by atoms with E-state index in [0.717, 1.165) is 16.7 Å². The quantitative estimate of drug-likeness (QED) is 0.0479. The number of nitro groups is 1. The number of carbonyl (C=O) groups excluding carboxylic acids is 1. The number of carbonyl (C=O) groups is 1. The van der Waals surface area contributed by atoms with Gasteiger partial charge in [0.25, 0.3) is 0 Å². The molecule has 185 valence electrons. The van der Waals surface area contributed by atoms with Crippen LogP contribution >= 0.6 is 0 Å². The number of hydrogen-bond donors (Lipinski definition) is 0. The molecule has 8 heteroatoms. The van der Waals surface area contributed by atoms with E-state index in [1.54, 1.807) is 36.4 Å². The first-order chi connectivity index (χ1) is 16.0. The predicted molar refractivity (Wildman–Crippen MR) is 124 cm³/mol. The average Bonchev–Trinajstić information content (AvgIpc) is 2.82. The third-order valence-electron chi connectivity index (χ3n) is 4.98. The molecule has 0 fully saturated rings. The van der Waals surface area contributed by atoms with Crippen molar-refractivity contribution in [2.24, 2.45) is 0 Å². The van der Waals surface area contributed by atoms with Gasteiger partial charge in [-0.1, -0.05) is 30.0 Å². The van der Waals surface area contributed by atoms with Gasteiger partial charge in [0.2, 0.25) is 6.54 Å². The summed E-state index contributed by atoms with van der Waals surface area (Å²) >= 11 is 0. The van der Waals surface area contributed by atoms with E-state index in [1.807, 2.05) is 36.4 Å². The second-order valence-corrected chi connectivity index (χ2v) is 7.54. The first kappa shape index (κ1) is 31.4. The van der Waals surface area contributed by atoms with Crippen LogP contribution in [-0.4, -0.2) is 17.4 Å². The van der Waals surface area contributed by atoms with E-state index in [1.165, 1.54) is 0 Å². The second-order valence-electron chi connectivity index (χ2n) is 7.54. The smallest absolute Gasteiger partial charge is 0.311 e. The van der Waals surface area contributed by atoms with E-state index in [-0.39, 0.29) is 86.3 Å². The summed E-state index contributed by atoms with van der Waals surface area (Å²) in [6.45, 7) is 5.90. The molecule has 0 saturated carbocycles. The van der Waals surface area contributed by atoms with E-state index < -0.39 is 0 Å². The van der Waals surface area contributed by atoms with Crippen LogP contribution in [0.5, 0.6) is 11.5 Å². The molecule has 0 bridgehead atoms. The molecule has 0 saturated heterocycles. The van der Waals surface area contributed by atoms with Gasteiger partial charge in [-0.05, 0) is 54.7 Å². The van der Waals surface area contributed by atoms with Crippen LogP contribution in [0.4, 0.5) is 0 Å². The summed E-state index contributed by atoms with van der Waals surface area (Å²) in [5, 5.41) is 10.5. The van der Waals surface area contributed by atoms with Crippen LogP contribution in [0, 0.1) is 91.6 Å². The summed E-state index contributed by atoms with van der Waals surface area (Å²) in [6, 6.07) is 24.9. The minimum absolute atomic E-state index is 0. The molecule has 0 spiro atoms. The summed E-state index contributed by atoms with van der Waals surface area (Å²) in [6.07, 6.45) is 2.51. The van der Waals surface area contributed by atoms with Gasteiger partial charge in [0.15, 0.2) is 0 Å². The molecule has 6 nitrogen and oxygen atoms in total. The Morgan fingerprint density at radius 2 is 1.29 bits per heavy atom. The summed E-state index contributed by atoms with van der Waals surface area (Å²) < 4.78 is 11.0. The molecule has 0 aliphatic carbocycles. The Morgan fingerprint density at radius 3 is 1.86 bits per heavy atom.